The van der Waals surface area contributed by atoms with Crippen LogP contribution in [0, 0.1) is 12.8 Å². The fourth-order valence-corrected chi connectivity index (χ4v) is 4.21. The first kappa shape index (κ1) is 25.0. The van der Waals surface area contributed by atoms with E-state index in [0.29, 0.717) is 17.8 Å². The number of nitrogens with zero attached hydrogens (tertiary/aromatic N) is 1. The lowest BCUT2D eigenvalue weighted by atomic mass is 10.1. The monoisotopic (exact) mass is 485 g/mol. The van der Waals surface area contributed by atoms with Gasteiger partial charge in [0.05, 0.1) is 23.3 Å². The van der Waals surface area contributed by atoms with Gasteiger partial charge in [-0.15, -0.1) is 0 Å². The van der Waals surface area contributed by atoms with Crippen molar-refractivity contribution in [3.05, 3.63) is 89.5 Å². The van der Waals surface area contributed by atoms with Gasteiger partial charge in [0.15, 0.2) is 0 Å². The van der Waals surface area contributed by atoms with Gasteiger partial charge in [-0.3, -0.25) is 14.4 Å². The van der Waals surface area contributed by atoms with Crippen LogP contribution in [0.1, 0.15) is 41.8 Å². The van der Waals surface area contributed by atoms with Crippen LogP contribution in [0.25, 0.3) is 0 Å². The summed E-state index contributed by atoms with van der Waals surface area (Å²) in [6.45, 7) is 6.56. The summed E-state index contributed by atoms with van der Waals surface area (Å²) in [5.41, 5.74) is 3.65. The van der Waals surface area contributed by atoms with E-state index in [1.165, 1.54) is 0 Å². The molecule has 7 nitrogen and oxygen atoms in total. The fourth-order valence-electron chi connectivity index (χ4n) is 4.21. The van der Waals surface area contributed by atoms with Crippen molar-refractivity contribution in [2.75, 3.05) is 16.8 Å². The van der Waals surface area contributed by atoms with Crippen molar-refractivity contribution in [2.24, 2.45) is 5.92 Å². The van der Waals surface area contributed by atoms with Crippen molar-refractivity contribution in [3.8, 4) is 5.75 Å². The molecular weight excluding hydrogens is 454 g/mol. The highest BCUT2D eigenvalue weighted by atomic mass is 16.5. The highest BCUT2D eigenvalue weighted by Gasteiger charge is 2.35. The predicted molar refractivity (Wildman–Crippen MR) is 140 cm³/mol. The van der Waals surface area contributed by atoms with Crippen molar-refractivity contribution < 1.29 is 19.1 Å². The van der Waals surface area contributed by atoms with Gasteiger partial charge in [0.1, 0.15) is 5.75 Å². The Kier molecular flexibility index (Phi) is 7.68. The molecular formula is C29H31N3O4. The van der Waals surface area contributed by atoms with E-state index < -0.39 is 5.92 Å². The molecule has 186 valence electrons. The molecule has 0 saturated carbocycles. The molecule has 0 radical (unpaired) electrons. The van der Waals surface area contributed by atoms with Crippen LogP contribution >= 0.6 is 0 Å². The number of benzene rings is 3. The smallest absolute Gasteiger partial charge is 0.253 e. The highest BCUT2D eigenvalue weighted by molar-refractivity contribution is 6.07. The van der Waals surface area contributed by atoms with Gasteiger partial charge in [-0.05, 0) is 68.3 Å². The summed E-state index contributed by atoms with van der Waals surface area (Å²) in [6, 6.07) is 22.0. The van der Waals surface area contributed by atoms with Gasteiger partial charge in [0.25, 0.3) is 5.91 Å². The quantitative estimate of drug-likeness (QED) is 0.484. The van der Waals surface area contributed by atoms with Gasteiger partial charge in [0, 0.05) is 25.2 Å². The summed E-state index contributed by atoms with van der Waals surface area (Å²) in [5.74, 6) is -0.470. The number of carbonyl (C=O) groups is 3. The van der Waals surface area contributed by atoms with E-state index in [9.17, 15) is 14.4 Å². The summed E-state index contributed by atoms with van der Waals surface area (Å²) in [5, 5.41) is 5.80. The Morgan fingerprint density at radius 3 is 2.42 bits per heavy atom. The summed E-state index contributed by atoms with van der Waals surface area (Å²) < 4.78 is 5.66. The zero-order valence-corrected chi connectivity index (χ0v) is 20.8. The highest BCUT2D eigenvalue weighted by Crippen LogP contribution is 2.28. The zero-order valence-electron chi connectivity index (χ0n) is 20.8. The minimum atomic E-state index is -0.521. The Balaban J connectivity index is 1.40. The van der Waals surface area contributed by atoms with E-state index in [1.807, 2.05) is 69.3 Å². The Morgan fingerprint density at radius 1 is 1.00 bits per heavy atom. The average Bonchev–Trinajstić information content (AvgIpc) is 3.25. The molecule has 2 N–H and O–H groups in total. The Hall–Kier alpha value is -4.13. The Morgan fingerprint density at radius 2 is 1.69 bits per heavy atom. The lowest BCUT2D eigenvalue weighted by Gasteiger charge is -2.18. The van der Waals surface area contributed by atoms with E-state index in [4.69, 9.17) is 4.74 Å². The molecule has 36 heavy (non-hydrogen) atoms. The van der Waals surface area contributed by atoms with Crippen LogP contribution < -0.4 is 20.3 Å². The number of para-hydroxylation sites is 1. The second kappa shape index (κ2) is 11.1. The molecule has 7 heteroatoms. The number of nitrogens with one attached hydrogen (secondary N) is 2. The number of carbonyl (C=O) groups excluding carboxylic acids is 3. The normalized spacial score (nSPS) is 15.2. The van der Waals surface area contributed by atoms with E-state index >= 15 is 0 Å². The van der Waals surface area contributed by atoms with Gasteiger partial charge in [-0.2, -0.15) is 0 Å². The molecule has 0 aliphatic carbocycles. The number of amides is 3. The second-order valence-electron chi connectivity index (χ2n) is 9.21. The first-order valence-electron chi connectivity index (χ1n) is 12.1. The van der Waals surface area contributed by atoms with Crippen LogP contribution in [0.15, 0.2) is 72.8 Å². The molecule has 1 aliphatic rings. The molecule has 0 unspecified atom stereocenters. The molecule has 1 heterocycles. The van der Waals surface area contributed by atoms with Crippen molar-refractivity contribution in [1.82, 2.24) is 5.32 Å². The molecule has 0 bridgehead atoms. The van der Waals surface area contributed by atoms with Gasteiger partial charge in [0.2, 0.25) is 11.8 Å². The third-order valence-electron chi connectivity index (χ3n) is 6.15. The van der Waals surface area contributed by atoms with Crippen LogP contribution in [0.2, 0.25) is 0 Å². The molecule has 0 spiro atoms. The SMILES string of the molecule is Cc1ccccc1CNC(=O)c1ccccc1NC(=O)[C@@H]1CC(=O)N(c2ccc(OC(C)C)cc2)C1. The third kappa shape index (κ3) is 5.92. The fraction of sp³-hybridized carbons (Fsp3) is 0.276. The van der Waals surface area contributed by atoms with Crippen LogP contribution in [0.4, 0.5) is 11.4 Å². The molecule has 1 atom stereocenters. The number of ether oxygens (including phenoxy) is 1. The molecule has 3 amide bonds. The first-order chi connectivity index (χ1) is 17.3. The summed E-state index contributed by atoms with van der Waals surface area (Å²) >= 11 is 0. The average molecular weight is 486 g/mol. The molecule has 1 saturated heterocycles. The van der Waals surface area contributed by atoms with E-state index in [-0.39, 0.29) is 36.8 Å². The second-order valence-corrected chi connectivity index (χ2v) is 9.21. The lowest BCUT2D eigenvalue weighted by molar-refractivity contribution is -0.122. The number of hydrogen-bond donors (Lipinski definition) is 2. The third-order valence-corrected chi connectivity index (χ3v) is 6.15. The number of hydrogen-bond acceptors (Lipinski definition) is 4. The van der Waals surface area contributed by atoms with Gasteiger partial charge in [-0.25, -0.2) is 0 Å². The van der Waals surface area contributed by atoms with Gasteiger partial charge < -0.3 is 20.3 Å². The summed E-state index contributed by atoms with van der Waals surface area (Å²) in [7, 11) is 0. The molecule has 1 fully saturated rings. The van der Waals surface area contributed by atoms with Crippen LogP contribution in [0.3, 0.4) is 0 Å². The minimum Gasteiger partial charge on any atom is -0.491 e. The lowest BCUT2D eigenvalue weighted by Crippen LogP contribution is -2.29. The maximum atomic E-state index is 13.1. The zero-order chi connectivity index (χ0) is 25.7. The maximum Gasteiger partial charge on any atom is 0.253 e. The van der Waals surface area contributed by atoms with E-state index in [0.717, 1.165) is 22.6 Å². The molecule has 3 aromatic rings. The molecule has 3 aromatic carbocycles. The van der Waals surface area contributed by atoms with E-state index in [2.05, 4.69) is 10.6 Å². The molecule has 4 rings (SSSR count). The maximum absolute atomic E-state index is 13.1. The topological polar surface area (TPSA) is 87.7 Å². The first-order valence-corrected chi connectivity index (χ1v) is 12.1. The van der Waals surface area contributed by atoms with E-state index in [1.54, 1.807) is 29.2 Å². The number of aryl methyl sites for hydroxylation is 1. The predicted octanol–water partition coefficient (Wildman–Crippen LogP) is 4.70. The number of rotatable bonds is 8. The standard InChI is InChI=1S/C29H31N3O4/c1-19(2)36-24-14-12-23(13-15-24)32-18-22(16-27(32)33)28(34)31-26-11-7-6-10-25(26)29(35)30-17-21-9-5-4-8-20(21)3/h4-15,19,22H,16-18H2,1-3H3,(H,30,35)(H,31,34)/t22-/m1/s1. The summed E-state index contributed by atoms with van der Waals surface area (Å²) in [4.78, 5) is 40.3. The largest absolute Gasteiger partial charge is 0.491 e. The van der Waals surface area contributed by atoms with Crippen LogP contribution in [-0.4, -0.2) is 30.4 Å². The van der Waals surface area contributed by atoms with Crippen molar-refractivity contribution >= 4 is 29.1 Å². The van der Waals surface area contributed by atoms with Crippen molar-refractivity contribution in [2.45, 2.75) is 39.8 Å². The molecule has 1 aliphatic heterocycles. The van der Waals surface area contributed by atoms with Gasteiger partial charge in [-0.1, -0.05) is 36.4 Å². The summed E-state index contributed by atoms with van der Waals surface area (Å²) in [6.07, 6.45) is 0.169. The van der Waals surface area contributed by atoms with Crippen LogP contribution in [0.5, 0.6) is 5.75 Å². The van der Waals surface area contributed by atoms with Crippen LogP contribution in [-0.2, 0) is 16.1 Å². The Bertz CT molecular complexity index is 1250. The number of anilines is 2. The molecule has 0 aromatic heterocycles. The Labute approximate surface area is 211 Å². The van der Waals surface area contributed by atoms with Crippen molar-refractivity contribution in [1.29, 1.82) is 0 Å². The van der Waals surface area contributed by atoms with Gasteiger partial charge >= 0.3 is 0 Å². The van der Waals surface area contributed by atoms with Crippen molar-refractivity contribution in [3.63, 3.8) is 0 Å². The minimum absolute atomic E-state index is 0.0600.